The summed E-state index contributed by atoms with van der Waals surface area (Å²) in [6.45, 7) is 0. The number of hydrogen-bond donors (Lipinski definition) is 2. The average molecular weight is 424 g/mol. The van der Waals surface area contributed by atoms with E-state index in [1.165, 1.54) is 25.7 Å². The van der Waals surface area contributed by atoms with Crippen LogP contribution in [-0.2, 0) is 0 Å². The first-order valence-corrected chi connectivity index (χ1v) is 12.2. The molecule has 2 aromatic heterocycles. The van der Waals surface area contributed by atoms with Gasteiger partial charge in [-0.2, -0.15) is 10.2 Å². The van der Waals surface area contributed by atoms with Gasteiger partial charge in [0.15, 0.2) is 5.82 Å². The van der Waals surface area contributed by atoms with Crippen LogP contribution < -0.4 is 5.32 Å². The predicted octanol–water partition coefficient (Wildman–Crippen LogP) is 3.63. The molecular weight excluding hydrogens is 390 g/mol. The maximum Gasteiger partial charge on any atom is 0.256 e. The van der Waals surface area contributed by atoms with E-state index in [0.717, 1.165) is 50.8 Å². The zero-order chi connectivity index (χ0) is 21.0. The van der Waals surface area contributed by atoms with Crippen LogP contribution in [0.25, 0.3) is 5.82 Å². The fraction of sp³-hybridized carbons (Fsp3) is 0.708. The normalized spacial score (nSPS) is 35.3. The van der Waals surface area contributed by atoms with E-state index in [9.17, 15) is 9.90 Å². The highest BCUT2D eigenvalue weighted by atomic mass is 16.3. The van der Waals surface area contributed by atoms with Crippen molar-refractivity contribution in [3.05, 3.63) is 30.2 Å². The molecule has 2 N–H and O–H groups in total. The standard InChI is InChI=1S/C24H33N5O2/c30-22(27-21-8-7-16-11-17-13-24(31,12-16)14-19(17)21)20-15-26-29(18-5-2-1-3-6-18)23(20)28-10-4-9-25-28/h4,9-10,15-19,21,31H,1-3,5-8,11-14H2,(H,27,30)/t16?,17?,19?,21-,24-/m0/s1. The monoisotopic (exact) mass is 423 g/mol. The highest BCUT2D eigenvalue weighted by Crippen LogP contribution is 2.55. The number of aromatic nitrogens is 4. The van der Waals surface area contributed by atoms with E-state index in [4.69, 9.17) is 0 Å². The summed E-state index contributed by atoms with van der Waals surface area (Å²) in [5, 5.41) is 23.5. The highest BCUT2D eigenvalue weighted by Gasteiger charge is 2.53. The fourth-order valence-electron chi connectivity index (χ4n) is 7.28. The van der Waals surface area contributed by atoms with Gasteiger partial charge in [-0.3, -0.25) is 4.79 Å². The van der Waals surface area contributed by atoms with Crippen LogP contribution in [0.15, 0.2) is 24.7 Å². The van der Waals surface area contributed by atoms with Crippen molar-refractivity contribution in [2.75, 3.05) is 0 Å². The number of carbonyl (C=O) groups is 1. The van der Waals surface area contributed by atoms with E-state index in [1.807, 2.05) is 16.9 Å². The van der Waals surface area contributed by atoms with E-state index in [1.54, 1.807) is 17.1 Å². The van der Waals surface area contributed by atoms with Crippen molar-refractivity contribution in [3.8, 4) is 5.82 Å². The van der Waals surface area contributed by atoms with Gasteiger partial charge < -0.3 is 10.4 Å². The molecule has 6 rings (SSSR count). The Balaban J connectivity index is 1.28. The lowest BCUT2D eigenvalue weighted by molar-refractivity contribution is -0.00594. The molecule has 31 heavy (non-hydrogen) atoms. The van der Waals surface area contributed by atoms with Crippen molar-refractivity contribution in [2.45, 2.75) is 88.3 Å². The van der Waals surface area contributed by atoms with E-state index in [-0.39, 0.29) is 11.9 Å². The predicted molar refractivity (Wildman–Crippen MR) is 116 cm³/mol. The molecule has 166 valence electrons. The average Bonchev–Trinajstić information content (AvgIpc) is 3.47. The minimum Gasteiger partial charge on any atom is -0.390 e. The lowest BCUT2D eigenvalue weighted by Gasteiger charge is -2.33. The van der Waals surface area contributed by atoms with Gasteiger partial charge in [-0.15, -0.1) is 0 Å². The van der Waals surface area contributed by atoms with E-state index in [0.29, 0.717) is 29.4 Å². The summed E-state index contributed by atoms with van der Waals surface area (Å²) in [6, 6.07) is 2.36. The third-order valence-electron chi connectivity index (χ3n) is 8.54. The lowest BCUT2D eigenvalue weighted by Crippen LogP contribution is -2.42. The molecular formula is C24H33N5O2. The quantitative estimate of drug-likeness (QED) is 0.786. The molecule has 3 bridgehead atoms. The fourth-order valence-corrected chi connectivity index (χ4v) is 7.28. The first-order chi connectivity index (χ1) is 15.1. The number of nitrogens with zero attached hydrogens (tertiary/aromatic N) is 4. The van der Waals surface area contributed by atoms with Crippen molar-refractivity contribution in [1.29, 1.82) is 0 Å². The SMILES string of the molecule is O=C(N[C@H]1CCC2CC3C[C@@](O)(C2)CC31)c1cnn(C2CCCCC2)c1-n1cccn1. The topological polar surface area (TPSA) is 85.0 Å². The first-order valence-electron chi connectivity index (χ1n) is 12.2. The van der Waals surface area contributed by atoms with Crippen LogP contribution in [-0.4, -0.2) is 42.2 Å². The molecule has 3 unspecified atom stereocenters. The van der Waals surface area contributed by atoms with E-state index in [2.05, 4.69) is 15.5 Å². The van der Waals surface area contributed by atoms with Crippen molar-refractivity contribution in [2.24, 2.45) is 17.8 Å². The molecule has 0 saturated heterocycles. The molecule has 4 aliphatic rings. The van der Waals surface area contributed by atoms with Crippen molar-refractivity contribution >= 4 is 5.91 Å². The summed E-state index contributed by atoms with van der Waals surface area (Å²) < 4.78 is 3.82. The Hall–Kier alpha value is -2.15. The Kier molecular flexibility index (Phi) is 4.70. The zero-order valence-corrected chi connectivity index (χ0v) is 18.1. The largest absolute Gasteiger partial charge is 0.390 e. The van der Waals surface area contributed by atoms with Gasteiger partial charge in [-0.1, -0.05) is 19.3 Å². The molecule has 4 saturated carbocycles. The lowest BCUT2D eigenvalue weighted by atomic mass is 9.77. The van der Waals surface area contributed by atoms with Crippen LogP contribution in [0.1, 0.15) is 87.0 Å². The molecule has 0 aromatic carbocycles. The zero-order valence-electron chi connectivity index (χ0n) is 18.1. The second-order valence-electron chi connectivity index (χ2n) is 10.6. The van der Waals surface area contributed by atoms with Crippen molar-refractivity contribution in [3.63, 3.8) is 0 Å². The number of aliphatic hydroxyl groups is 1. The van der Waals surface area contributed by atoms with Crippen molar-refractivity contribution < 1.29 is 9.90 Å². The molecule has 0 aliphatic heterocycles. The van der Waals surface area contributed by atoms with Gasteiger partial charge >= 0.3 is 0 Å². The van der Waals surface area contributed by atoms with Gasteiger partial charge in [-0.25, -0.2) is 9.36 Å². The van der Waals surface area contributed by atoms with Crippen LogP contribution in [0.5, 0.6) is 0 Å². The van der Waals surface area contributed by atoms with Gasteiger partial charge in [-0.05, 0) is 75.2 Å². The van der Waals surface area contributed by atoms with E-state index < -0.39 is 5.60 Å². The Labute approximate surface area is 183 Å². The van der Waals surface area contributed by atoms with Gasteiger partial charge in [0, 0.05) is 18.4 Å². The Morgan fingerprint density at radius 3 is 2.77 bits per heavy atom. The summed E-state index contributed by atoms with van der Waals surface area (Å²) in [7, 11) is 0. The smallest absolute Gasteiger partial charge is 0.256 e. The van der Waals surface area contributed by atoms with Gasteiger partial charge in [0.05, 0.1) is 17.8 Å². The summed E-state index contributed by atoms with van der Waals surface area (Å²) in [4.78, 5) is 13.5. The maximum absolute atomic E-state index is 13.5. The Morgan fingerprint density at radius 2 is 1.97 bits per heavy atom. The molecule has 0 spiro atoms. The molecule has 0 radical (unpaired) electrons. The molecule has 2 aromatic rings. The molecule has 4 aliphatic carbocycles. The maximum atomic E-state index is 13.5. The summed E-state index contributed by atoms with van der Waals surface area (Å²) >= 11 is 0. The van der Waals surface area contributed by atoms with Crippen molar-refractivity contribution in [1.82, 2.24) is 24.9 Å². The molecule has 7 heteroatoms. The second kappa shape index (κ2) is 7.47. The molecule has 5 atom stereocenters. The van der Waals surface area contributed by atoms with Crippen LogP contribution in [0.3, 0.4) is 0 Å². The third-order valence-corrected chi connectivity index (χ3v) is 8.54. The number of amides is 1. The van der Waals surface area contributed by atoms with Gasteiger partial charge in [0.1, 0.15) is 5.56 Å². The van der Waals surface area contributed by atoms with Crippen LogP contribution in [0.2, 0.25) is 0 Å². The molecule has 1 amide bonds. The first kappa shape index (κ1) is 19.5. The summed E-state index contributed by atoms with van der Waals surface area (Å²) in [5.41, 5.74) is 0.116. The summed E-state index contributed by atoms with van der Waals surface area (Å²) in [6.07, 6.45) is 17.3. The van der Waals surface area contributed by atoms with E-state index >= 15 is 0 Å². The Morgan fingerprint density at radius 1 is 1.10 bits per heavy atom. The Bertz CT molecular complexity index is 947. The minimum absolute atomic E-state index is 0.0502. The van der Waals surface area contributed by atoms with Gasteiger partial charge in [0.2, 0.25) is 0 Å². The number of nitrogens with one attached hydrogen (secondary N) is 1. The molecule has 4 fully saturated rings. The van der Waals surface area contributed by atoms with Gasteiger partial charge in [0.25, 0.3) is 5.91 Å². The van der Waals surface area contributed by atoms with Crippen LogP contribution >= 0.6 is 0 Å². The number of fused-ring (bicyclic) bond motifs is 2. The molecule has 7 nitrogen and oxygen atoms in total. The van der Waals surface area contributed by atoms with Crippen LogP contribution in [0, 0.1) is 17.8 Å². The minimum atomic E-state index is -0.492. The number of carbonyl (C=O) groups excluding carboxylic acids is 1. The second-order valence-corrected chi connectivity index (χ2v) is 10.6. The molecule has 2 heterocycles. The summed E-state index contributed by atoms with van der Waals surface area (Å²) in [5.74, 6) is 2.29. The third kappa shape index (κ3) is 3.41. The highest BCUT2D eigenvalue weighted by molar-refractivity contribution is 5.97. The number of hydrogen-bond acceptors (Lipinski definition) is 4. The number of rotatable bonds is 4. The van der Waals surface area contributed by atoms with Crippen LogP contribution in [0.4, 0.5) is 0 Å².